The Morgan fingerprint density at radius 3 is 0.688 bits per heavy atom. The van der Waals surface area contributed by atoms with Gasteiger partial charge in [-0.25, -0.2) is 0 Å². The van der Waals surface area contributed by atoms with E-state index in [-0.39, 0.29) is 18.0 Å². The van der Waals surface area contributed by atoms with E-state index in [4.69, 9.17) is 9.47 Å². The second kappa shape index (κ2) is 56.3. The Hall–Kier alpha value is -1.06. The van der Waals surface area contributed by atoms with Gasteiger partial charge in [-0.1, -0.05) is 322 Å². The molecule has 0 aliphatic heterocycles. The third kappa shape index (κ3) is 55.3. The van der Waals surface area contributed by atoms with Crippen LogP contribution in [0.5, 0.6) is 0 Å². The van der Waals surface area contributed by atoms with Crippen LogP contribution in [0.25, 0.3) is 0 Å². The Morgan fingerprint density at radius 2 is 0.469 bits per heavy atom. The van der Waals surface area contributed by atoms with E-state index in [1.54, 1.807) is 0 Å². The van der Waals surface area contributed by atoms with Gasteiger partial charge in [-0.05, 0) is 19.8 Å². The average molecular weight is 904 g/mol. The molecule has 0 spiro atoms. The first-order valence-corrected chi connectivity index (χ1v) is 29.9. The number of hydrogen-bond acceptors (Lipinski definition) is 4. The van der Waals surface area contributed by atoms with Gasteiger partial charge in [0, 0.05) is 19.3 Å². The highest BCUT2D eigenvalue weighted by molar-refractivity contribution is 5.69. The summed E-state index contributed by atoms with van der Waals surface area (Å²) >= 11 is 0. The summed E-state index contributed by atoms with van der Waals surface area (Å²) in [7, 11) is 0. The number of hydrogen-bond donors (Lipinski definition) is 0. The largest absolute Gasteiger partial charge is 0.466 e. The molecule has 0 amide bonds. The molecule has 64 heavy (non-hydrogen) atoms. The van der Waals surface area contributed by atoms with Crippen LogP contribution in [-0.2, 0) is 19.1 Å². The SMILES string of the molecule is CCCCCCCCCCCCCCCCCCCCCCCCCCCC(=O)OCCC(C)OC(=O)CCCCCCCCCCCCCCCCCCCCCCCCCCC. The molecule has 4 nitrogen and oxygen atoms in total. The molecule has 0 fully saturated rings. The van der Waals surface area contributed by atoms with Gasteiger partial charge in [0.25, 0.3) is 0 Å². The summed E-state index contributed by atoms with van der Waals surface area (Å²) in [4.78, 5) is 24.5. The van der Waals surface area contributed by atoms with Crippen molar-refractivity contribution in [3.63, 3.8) is 0 Å². The van der Waals surface area contributed by atoms with Gasteiger partial charge in [-0.15, -0.1) is 0 Å². The van der Waals surface area contributed by atoms with E-state index in [9.17, 15) is 9.59 Å². The molecule has 1 atom stereocenters. The lowest BCUT2D eigenvalue weighted by Crippen LogP contribution is -2.18. The molecule has 0 heterocycles. The van der Waals surface area contributed by atoms with Crippen LogP contribution in [0.2, 0.25) is 0 Å². The number of rotatable bonds is 56. The molecule has 0 aromatic heterocycles. The summed E-state index contributed by atoms with van der Waals surface area (Å²) in [5, 5.41) is 0. The Balaban J connectivity index is 3.30. The van der Waals surface area contributed by atoms with Crippen LogP contribution in [0.15, 0.2) is 0 Å². The fraction of sp³-hybridized carbons (Fsp3) is 0.967. The second-order valence-corrected chi connectivity index (χ2v) is 20.8. The second-order valence-electron chi connectivity index (χ2n) is 20.8. The zero-order valence-corrected chi connectivity index (χ0v) is 44.4. The fourth-order valence-corrected chi connectivity index (χ4v) is 9.57. The molecule has 0 aliphatic rings. The van der Waals surface area contributed by atoms with Crippen molar-refractivity contribution in [2.75, 3.05) is 6.61 Å². The molecule has 0 radical (unpaired) electrons. The first-order chi connectivity index (χ1) is 31.6. The molecule has 0 bridgehead atoms. The van der Waals surface area contributed by atoms with E-state index in [2.05, 4.69) is 13.8 Å². The molecule has 1 unspecified atom stereocenters. The van der Waals surface area contributed by atoms with Crippen molar-refractivity contribution in [1.82, 2.24) is 0 Å². The van der Waals surface area contributed by atoms with Crippen LogP contribution < -0.4 is 0 Å². The van der Waals surface area contributed by atoms with Crippen molar-refractivity contribution in [2.24, 2.45) is 0 Å². The smallest absolute Gasteiger partial charge is 0.306 e. The van der Waals surface area contributed by atoms with Gasteiger partial charge >= 0.3 is 11.9 Å². The van der Waals surface area contributed by atoms with Gasteiger partial charge in [0.2, 0.25) is 0 Å². The van der Waals surface area contributed by atoms with Crippen molar-refractivity contribution >= 4 is 11.9 Å². The summed E-state index contributed by atoms with van der Waals surface area (Å²) in [5.41, 5.74) is 0. The summed E-state index contributed by atoms with van der Waals surface area (Å²) in [6.07, 6.45) is 70.6. The van der Waals surface area contributed by atoms with E-state index < -0.39 is 0 Å². The molecule has 382 valence electrons. The molecule has 0 rings (SSSR count). The Kier molecular flexibility index (Phi) is 55.3. The molecule has 0 saturated carbocycles. The van der Waals surface area contributed by atoms with Gasteiger partial charge in [0.15, 0.2) is 0 Å². The lowest BCUT2D eigenvalue weighted by atomic mass is 10.0. The number of esters is 2. The summed E-state index contributed by atoms with van der Waals surface area (Å²) in [6, 6.07) is 0. The lowest BCUT2D eigenvalue weighted by molar-refractivity contribution is -0.150. The van der Waals surface area contributed by atoms with Gasteiger partial charge in [-0.3, -0.25) is 9.59 Å². The zero-order chi connectivity index (χ0) is 46.3. The normalized spacial score (nSPS) is 12.0. The van der Waals surface area contributed by atoms with Crippen LogP contribution in [-0.4, -0.2) is 24.6 Å². The zero-order valence-electron chi connectivity index (χ0n) is 44.4. The quantitative estimate of drug-likeness (QED) is 0.0451. The number of carbonyl (C=O) groups is 2. The highest BCUT2D eigenvalue weighted by Gasteiger charge is 2.11. The monoisotopic (exact) mass is 903 g/mol. The van der Waals surface area contributed by atoms with E-state index in [0.717, 1.165) is 25.7 Å². The minimum absolute atomic E-state index is 0.108. The van der Waals surface area contributed by atoms with Gasteiger partial charge in [0.05, 0.1) is 6.61 Å². The van der Waals surface area contributed by atoms with E-state index in [0.29, 0.717) is 25.9 Å². The van der Waals surface area contributed by atoms with Crippen molar-refractivity contribution < 1.29 is 19.1 Å². The van der Waals surface area contributed by atoms with Gasteiger partial charge in [0.1, 0.15) is 6.10 Å². The van der Waals surface area contributed by atoms with Crippen LogP contribution in [0, 0.1) is 0 Å². The summed E-state index contributed by atoms with van der Waals surface area (Å²) < 4.78 is 11.0. The standard InChI is InChI=1S/C60H118O4/c1-4-6-8-10-12-14-16-18-20-22-24-26-28-30-32-34-36-38-40-42-44-46-48-50-52-54-59(61)63-57-56-58(3)64-60(62)55-53-51-49-47-45-43-41-39-37-35-33-31-29-27-25-23-21-19-17-15-13-11-9-7-5-2/h58H,4-57H2,1-3H3. The maximum Gasteiger partial charge on any atom is 0.306 e. The van der Waals surface area contributed by atoms with Crippen LogP contribution >= 0.6 is 0 Å². The van der Waals surface area contributed by atoms with Crippen LogP contribution in [0.1, 0.15) is 361 Å². The van der Waals surface area contributed by atoms with Crippen molar-refractivity contribution in [3.8, 4) is 0 Å². The molecule has 0 aromatic rings. The molecule has 0 aliphatic carbocycles. The van der Waals surface area contributed by atoms with Crippen molar-refractivity contribution in [2.45, 2.75) is 367 Å². The average Bonchev–Trinajstić information content (AvgIpc) is 3.29. The molecule has 4 heteroatoms. The van der Waals surface area contributed by atoms with E-state index in [1.165, 1.54) is 295 Å². The highest BCUT2D eigenvalue weighted by atomic mass is 16.6. The summed E-state index contributed by atoms with van der Waals surface area (Å²) in [5.74, 6) is -0.216. The maximum absolute atomic E-state index is 12.3. The molecule has 0 saturated heterocycles. The number of unbranched alkanes of at least 4 members (excludes halogenated alkanes) is 48. The Labute approximate surface area is 403 Å². The fourth-order valence-electron chi connectivity index (χ4n) is 9.57. The first kappa shape index (κ1) is 62.9. The predicted molar refractivity (Wildman–Crippen MR) is 283 cm³/mol. The molecule has 0 N–H and O–H groups in total. The van der Waals surface area contributed by atoms with Crippen molar-refractivity contribution in [1.29, 1.82) is 0 Å². The third-order valence-electron chi connectivity index (χ3n) is 14.1. The molecular weight excluding hydrogens is 785 g/mol. The molecular formula is C60H118O4. The highest BCUT2D eigenvalue weighted by Crippen LogP contribution is 2.19. The topological polar surface area (TPSA) is 52.6 Å². The van der Waals surface area contributed by atoms with Gasteiger partial charge in [-0.2, -0.15) is 0 Å². The minimum atomic E-state index is -0.201. The van der Waals surface area contributed by atoms with E-state index >= 15 is 0 Å². The van der Waals surface area contributed by atoms with Gasteiger partial charge < -0.3 is 9.47 Å². The maximum atomic E-state index is 12.3. The first-order valence-electron chi connectivity index (χ1n) is 29.9. The lowest BCUT2D eigenvalue weighted by Gasteiger charge is -2.13. The van der Waals surface area contributed by atoms with Crippen LogP contribution in [0.4, 0.5) is 0 Å². The summed E-state index contributed by atoms with van der Waals surface area (Å²) in [6.45, 7) is 6.85. The minimum Gasteiger partial charge on any atom is -0.466 e. The van der Waals surface area contributed by atoms with E-state index in [1.807, 2.05) is 6.92 Å². The molecule has 0 aromatic carbocycles. The Morgan fingerprint density at radius 1 is 0.281 bits per heavy atom. The Bertz CT molecular complexity index is 887. The van der Waals surface area contributed by atoms with Crippen LogP contribution in [0.3, 0.4) is 0 Å². The number of ether oxygens (including phenoxy) is 2. The number of carbonyl (C=O) groups excluding carboxylic acids is 2. The van der Waals surface area contributed by atoms with Crippen molar-refractivity contribution in [3.05, 3.63) is 0 Å². The third-order valence-corrected chi connectivity index (χ3v) is 14.1. The predicted octanol–water partition coefficient (Wildman–Crippen LogP) is 21.2.